The van der Waals surface area contributed by atoms with Gasteiger partial charge in [-0.2, -0.15) is 10.2 Å². The number of fused-ring (bicyclic) bond motifs is 10. The first-order chi connectivity index (χ1) is 19.9. The average molecular weight is 559 g/mol. The van der Waals surface area contributed by atoms with Crippen molar-refractivity contribution in [3.8, 4) is 11.4 Å². The second kappa shape index (κ2) is 8.27. The Labute approximate surface area is 251 Å². The van der Waals surface area contributed by atoms with Crippen LogP contribution in [0.4, 0.5) is 0 Å². The summed E-state index contributed by atoms with van der Waals surface area (Å²) in [6, 6.07) is 18.0. The van der Waals surface area contributed by atoms with E-state index in [1.807, 2.05) is 0 Å². The summed E-state index contributed by atoms with van der Waals surface area (Å²) in [5, 5.41) is 11.2. The second-order valence-electron chi connectivity index (χ2n) is 15.8. The van der Waals surface area contributed by atoms with Crippen molar-refractivity contribution in [2.45, 2.75) is 117 Å². The van der Waals surface area contributed by atoms with Crippen LogP contribution in [-0.2, 0) is 23.9 Å². The van der Waals surface area contributed by atoms with Gasteiger partial charge >= 0.3 is 0 Å². The van der Waals surface area contributed by atoms with Gasteiger partial charge in [0.05, 0.1) is 13.1 Å². The average Bonchev–Trinajstić information content (AvgIpc) is 3.69. The van der Waals surface area contributed by atoms with Crippen LogP contribution in [0.2, 0.25) is 0 Å². The molecule has 42 heavy (non-hydrogen) atoms. The smallest absolute Gasteiger partial charge is 0.117 e. The molecule has 2 aromatic heterocycles. The zero-order chi connectivity index (χ0) is 29.4. The normalized spacial score (nSPS) is 29.3. The van der Waals surface area contributed by atoms with Gasteiger partial charge in [0.15, 0.2) is 0 Å². The van der Waals surface area contributed by atoms with E-state index in [2.05, 4.69) is 113 Å². The van der Waals surface area contributed by atoms with Crippen LogP contribution >= 0.6 is 0 Å². The highest BCUT2D eigenvalue weighted by atomic mass is 15.3. The van der Waals surface area contributed by atoms with E-state index >= 15 is 0 Å². The van der Waals surface area contributed by atoms with Gasteiger partial charge in [0.25, 0.3) is 0 Å². The summed E-state index contributed by atoms with van der Waals surface area (Å²) in [6.07, 6.45) is 4.98. The number of aromatic nitrogens is 4. The highest BCUT2D eigenvalue weighted by Crippen LogP contribution is 2.72. The fourth-order valence-electron chi connectivity index (χ4n) is 9.95. The lowest BCUT2D eigenvalue weighted by molar-refractivity contribution is 0.218. The van der Waals surface area contributed by atoms with Crippen LogP contribution in [0, 0.1) is 24.7 Å². The molecule has 4 bridgehead atoms. The predicted molar refractivity (Wildman–Crippen MR) is 170 cm³/mol. The quantitative estimate of drug-likeness (QED) is 0.245. The van der Waals surface area contributed by atoms with Crippen molar-refractivity contribution >= 4 is 0 Å². The van der Waals surface area contributed by atoms with Gasteiger partial charge in [-0.25, -0.2) is 0 Å². The van der Waals surface area contributed by atoms with Crippen LogP contribution in [0.5, 0.6) is 0 Å². The highest BCUT2D eigenvalue weighted by molar-refractivity contribution is 5.73. The molecule has 4 aromatic rings. The Morgan fingerprint density at radius 2 is 0.952 bits per heavy atom. The van der Waals surface area contributed by atoms with Crippen molar-refractivity contribution in [1.82, 2.24) is 19.6 Å². The second-order valence-corrected chi connectivity index (χ2v) is 15.8. The van der Waals surface area contributed by atoms with Gasteiger partial charge in [-0.1, -0.05) is 101 Å². The van der Waals surface area contributed by atoms with Crippen LogP contribution < -0.4 is 0 Å². The lowest BCUT2D eigenvalue weighted by atomic mass is 9.70. The summed E-state index contributed by atoms with van der Waals surface area (Å²) < 4.78 is 4.78. The molecule has 2 heterocycles. The lowest BCUT2D eigenvalue weighted by Gasteiger charge is -2.36. The molecule has 218 valence electrons. The number of benzene rings is 2. The maximum atomic E-state index is 5.58. The molecule has 4 unspecified atom stereocenters. The minimum absolute atomic E-state index is 0.126. The third kappa shape index (κ3) is 3.14. The minimum Gasteiger partial charge on any atom is -0.264 e. The molecule has 4 aliphatic carbocycles. The van der Waals surface area contributed by atoms with Crippen LogP contribution in [-0.4, -0.2) is 19.6 Å². The zero-order valence-electron chi connectivity index (χ0n) is 26.8. The van der Waals surface area contributed by atoms with E-state index in [9.17, 15) is 0 Å². The Morgan fingerprint density at radius 3 is 1.31 bits per heavy atom. The SMILES string of the molecule is Cc1ccc(Cn2nc(-c3nn(Cc4ccc(C)cc4)c4c3C3CCC4(C)C3(C)C)c3c2C2(C)CCC3C2(C)C)cc1. The van der Waals surface area contributed by atoms with Crippen molar-refractivity contribution in [2.24, 2.45) is 10.8 Å². The molecule has 0 N–H and O–H groups in total. The van der Waals surface area contributed by atoms with Gasteiger partial charge in [0.1, 0.15) is 11.4 Å². The van der Waals surface area contributed by atoms with E-state index in [1.165, 1.54) is 81.8 Å². The highest BCUT2D eigenvalue weighted by Gasteiger charge is 2.65. The fraction of sp³-hybridized carbons (Fsp3) is 0.526. The largest absolute Gasteiger partial charge is 0.264 e. The molecule has 4 aliphatic rings. The van der Waals surface area contributed by atoms with Crippen molar-refractivity contribution in [3.05, 3.63) is 93.3 Å². The number of aryl methyl sites for hydroxylation is 2. The van der Waals surface area contributed by atoms with Crippen molar-refractivity contribution in [3.63, 3.8) is 0 Å². The summed E-state index contributed by atoms with van der Waals surface area (Å²) in [6.45, 7) is 21.0. The fourth-order valence-corrected chi connectivity index (χ4v) is 9.95. The van der Waals surface area contributed by atoms with Gasteiger partial charge in [-0.15, -0.1) is 0 Å². The first-order valence-corrected chi connectivity index (χ1v) is 16.2. The van der Waals surface area contributed by atoms with E-state index < -0.39 is 0 Å². The molecule has 4 nitrogen and oxygen atoms in total. The van der Waals surface area contributed by atoms with Gasteiger partial charge in [-0.3, -0.25) is 9.36 Å². The summed E-state index contributed by atoms with van der Waals surface area (Å²) in [4.78, 5) is 0. The van der Waals surface area contributed by atoms with Crippen LogP contribution in [0.3, 0.4) is 0 Å². The summed E-state index contributed by atoms with van der Waals surface area (Å²) in [7, 11) is 0. The maximum absolute atomic E-state index is 5.58. The van der Waals surface area contributed by atoms with E-state index in [0.29, 0.717) is 11.8 Å². The number of hydrogen-bond donors (Lipinski definition) is 0. The Morgan fingerprint density at radius 1 is 0.595 bits per heavy atom. The third-order valence-corrected chi connectivity index (χ3v) is 13.3. The monoisotopic (exact) mass is 558 g/mol. The number of rotatable bonds is 5. The molecule has 4 heteroatoms. The first-order valence-electron chi connectivity index (χ1n) is 16.2. The Kier molecular flexibility index (Phi) is 5.22. The third-order valence-electron chi connectivity index (χ3n) is 13.3. The van der Waals surface area contributed by atoms with E-state index in [1.54, 1.807) is 0 Å². The molecule has 8 rings (SSSR count). The first kappa shape index (κ1) is 26.5. The lowest BCUT2D eigenvalue weighted by Crippen LogP contribution is -2.34. The van der Waals surface area contributed by atoms with Crippen molar-refractivity contribution in [2.75, 3.05) is 0 Å². The molecule has 4 atom stereocenters. The van der Waals surface area contributed by atoms with E-state index in [4.69, 9.17) is 10.2 Å². The Balaban J connectivity index is 1.35. The van der Waals surface area contributed by atoms with Gasteiger partial charge in [-0.05, 0) is 73.3 Å². The van der Waals surface area contributed by atoms with Gasteiger partial charge < -0.3 is 0 Å². The summed E-state index contributed by atoms with van der Waals surface area (Å²) >= 11 is 0. The Hall–Kier alpha value is -3.14. The Bertz CT molecular complexity index is 1600. The topological polar surface area (TPSA) is 35.6 Å². The molecule has 2 fully saturated rings. The molecular weight excluding hydrogens is 512 g/mol. The molecule has 2 saturated carbocycles. The molecule has 0 spiro atoms. The molecule has 2 aromatic carbocycles. The molecule has 0 amide bonds. The van der Waals surface area contributed by atoms with Crippen LogP contribution in [0.15, 0.2) is 48.5 Å². The van der Waals surface area contributed by atoms with Crippen LogP contribution in [0.1, 0.15) is 124 Å². The predicted octanol–water partition coefficient (Wildman–Crippen LogP) is 8.81. The minimum atomic E-state index is 0.126. The molecule has 0 aliphatic heterocycles. The number of hydrogen-bond acceptors (Lipinski definition) is 2. The molecule has 0 radical (unpaired) electrons. The van der Waals surface area contributed by atoms with Crippen molar-refractivity contribution in [1.29, 1.82) is 0 Å². The van der Waals surface area contributed by atoms with Gasteiger partial charge in [0.2, 0.25) is 0 Å². The summed E-state index contributed by atoms with van der Waals surface area (Å²) in [5.41, 5.74) is 14.3. The number of nitrogens with zero attached hydrogens (tertiary/aromatic N) is 4. The molecule has 0 saturated heterocycles. The maximum Gasteiger partial charge on any atom is 0.117 e. The van der Waals surface area contributed by atoms with E-state index in [0.717, 1.165) is 13.1 Å². The van der Waals surface area contributed by atoms with Gasteiger partial charge in [0, 0.05) is 33.3 Å². The zero-order valence-corrected chi connectivity index (χ0v) is 26.8. The van der Waals surface area contributed by atoms with Crippen LogP contribution in [0.25, 0.3) is 11.4 Å². The van der Waals surface area contributed by atoms with E-state index in [-0.39, 0.29) is 21.7 Å². The van der Waals surface area contributed by atoms with Crippen molar-refractivity contribution < 1.29 is 0 Å². The standard InChI is InChI=1S/C38H46N4/c1-23-9-13-25(14-10-23)21-41-33-29(27-17-19-37(33,7)35(27,3)4)31(39-41)32-30-28-18-20-38(8,36(28,5)6)34(30)42(40-32)22-26-15-11-24(2)12-16-26/h9-16,27-28H,17-22H2,1-8H3. The summed E-state index contributed by atoms with van der Waals surface area (Å²) in [5.74, 6) is 1.05. The molecular formula is C38H46N4.